The van der Waals surface area contributed by atoms with Crippen LogP contribution in [0, 0.1) is 24.1 Å². The molecule has 2 aromatic carbocycles. The van der Waals surface area contributed by atoms with E-state index in [1.54, 1.807) is 43.4 Å². The number of aromatic nitrogens is 2. The van der Waals surface area contributed by atoms with Crippen molar-refractivity contribution in [2.45, 2.75) is 25.9 Å². The molecule has 0 N–H and O–H groups in total. The summed E-state index contributed by atoms with van der Waals surface area (Å²) < 4.78 is 29.2. The topological polar surface area (TPSA) is 62.8 Å². The number of aryl methyl sites for hydroxylation is 1. The highest BCUT2D eigenvalue weighted by molar-refractivity contribution is 5.91. The number of rotatable bonds is 6. The molecule has 3 heterocycles. The molecule has 0 bridgehead atoms. The van der Waals surface area contributed by atoms with Gasteiger partial charge in [-0.1, -0.05) is 44.7 Å². The molecule has 0 spiro atoms. The fourth-order valence-corrected chi connectivity index (χ4v) is 5.43. The number of pyridine rings is 2. The number of benzene rings is 2. The van der Waals surface area contributed by atoms with E-state index >= 15 is 0 Å². The number of piperazine rings is 1. The van der Waals surface area contributed by atoms with Gasteiger partial charge in [-0.2, -0.15) is 0 Å². The summed E-state index contributed by atoms with van der Waals surface area (Å²) in [4.78, 5) is 38.7. The van der Waals surface area contributed by atoms with Crippen molar-refractivity contribution in [1.82, 2.24) is 14.5 Å². The van der Waals surface area contributed by atoms with E-state index in [9.17, 15) is 18.4 Å². The predicted molar refractivity (Wildman–Crippen MR) is 150 cm³/mol. The van der Waals surface area contributed by atoms with Crippen molar-refractivity contribution < 1.29 is 13.6 Å². The van der Waals surface area contributed by atoms with Crippen LogP contribution >= 0.6 is 0 Å². The van der Waals surface area contributed by atoms with Gasteiger partial charge in [-0.3, -0.25) is 14.5 Å². The standard InChI is InChI=1S/C31H29F2N5O2/c1-19(2)31(40)26-18-37(25-17-28(39)36(4)24-13-14-27(34-3)35-29(24)25)15-16-38(26)30(20-5-9-22(32)10-6-20)21-7-11-23(33)12-8-21/h5-14,17,19,26,30H,15-16,18H2,1-2,4H3. The van der Waals surface area contributed by atoms with Crippen LogP contribution in [-0.2, 0) is 11.8 Å². The van der Waals surface area contributed by atoms with E-state index in [4.69, 9.17) is 6.57 Å². The van der Waals surface area contributed by atoms with E-state index in [-0.39, 0.29) is 41.3 Å². The minimum Gasteiger partial charge on any atom is -0.364 e. The summed E-state index contributed by atoms with van der Waals surface area (Å²) in [5.74, 6) is -0.785. The van der Waals surface area contributed by atoms with Gasteiger partial charge in [-0.05, 0) is 47.5 Å². The molecule has 1 atom stereocenters. The van der Waals surface area contributed by atoms with Crippen molar-refractivity contribution >= 4 is 28.3 Å². The smallest absolute Gasteiger partial charge is 0.270 e. The zero-order valence-corrected chi connectivity index (χ0v) is 22.5. The van der Waals surface area contributed by atoms with Crippen LogP contribution < -0.4 is 10.5 Å². The lowest BCUT2D eigenvalue weighted by Crippen LogP contribution is -2.58. The second-order valence-electron chi connectivity index (χ2n) is 10.3. The number of anilines is 1. The van der Waals surface area contributed by atoms with Crippen LogP contribution in [0.3, 0.4) is 0 Å². The largest absolute Gasteiger partial charge is 0.364 e. The number of carbonyl (C=O) groups excluding carboxylic acids is 1. The molecule has 0 amide bonds. The molecule has 7 nitrogen and oxygen atoms in total. The molecule has 1 aliphatic heterocycles. The normalized spacial score (nSPS) is 16.1. The van der Waals surface area contributed by atoms with Gasteiger partial charge >= 0.3 is 0 Å². The third-order valence-electron chi connectivity index (χ3n) is 7.53. The zero-order valence-electron chi connectivity index (χ0n) is 22.5. The molecule has 1 fully saturated rings. The highest BCUT2D eigenvalue weighted by Gasteiger charge is 2.39. The Hall–Kier alpha value is -4.42. The number of nitrogens with zero attached hydrogens (tertiary/aromatic N) is 5. The van der Waals surface area contributed by atoms with Crippen LogP contribution in [-0.4, -0.2) is 45.9 Å². The van der Waals surface area contributed by atoms with Gasteiger partial charge in [-0.15, -0.1) is 4.98 Å². The molecule has 0 radical (unpaired) electrons. The van der Waals surface area contributed by atoms with Crippen molar-refractivity contribution in [3.8, 4) is 0 Å². The molecule has 9 heteroatoms. The van der Waals surface area contributed by atoms with E-state index in [1.807, 2.05) is 18.7 Å². The molecule has 204 valence electrons. The zero-order chi connectivity index (χ0) is 28.6. The van der Waals surface area contributed by atoms with Crippen molar-refractivity contribution in [3.63, 3.8) is 0 Å². The van der Waals surface area contributed by atoms with E-state index in [0.29, 0.717) is 29.8 Å². The molecule has 0 aliphatic carbocycles. The second kappa shape index (κ2) is 11.0. The quantitative estimate of drug-likeness (QED) is 0.312. The number of hydrogen-bond donors (Lipinski definition) is 0. The summed E-state index contributed by atoms with van der Waals surface area (Å²) in [5.41, 5.74) is 3.04. The summed E-state index contributed by atoms with van der Waals surface area (Å²) >= 11 is 0. The Morgan fingerprint density at radius 1 is 0.975 bits per heavy atom. The number of hydrogen-bond acceptors (Lipinski definition) is 5. The van der Waals surface area contributed by atoms with Crippen LogP contribution in [0.15, 0.2) is 71.5 Å². The molecule has 5 rings (SSSR count). The van der Waals surface area contributed by atoms with Crippen LogP contribution in [0.4, 0.5) is 20.3 Å². The van der Waals surface area contributed by atoms with Gasteiger partial charge < -0.3 is 14.3 Å². The van der Waals surface area contributed by atoms with Gasteiger partial charge in [0.1, 0.15) is 11.6 Å². The Labute approximate surface area is 231 Å². The Morgan fingerprint density at radius 2 is 1.57 bits per heavy atom. The monoisotopic (exact) mass is 541 g/mol. The molecule has 40 heavy (non-hydrogen) atoms. The van der Waals surface area contributed by atoms with Crippen LogP contribution in [0.2, 0.25) is 0 Å². The van der Waals surface area contributed by atoms with Crippen molar-refractivity contribution in [2.75, 3.05) is 24.5 Å². The Morgan fingerprint density at radius 3 is 2.12 bits per heavy atom. The lowest BCUT2D eigenvalue weighted by molar-refractivity contribution is -0.128. The maximum Gasteiger partial charge on any atom is 0.270 e. The summed E-state index contributed by atoms with van der Waals surface area (Å²) in [5, 5.41) is 0. The first-order chi connectivity index (χ1) is 19.2. The maximum absolute atomic E-state index is 13.9. The summed E-state index contributed by atoms with van der Waals surface area (Å²) in [6, 6.07) is 16.1. The molecular weight excluding hydrogens is 512 g/mol. The molecule has 0 saturated carbocycles. The average molecular weight is 542 g/mol. The highest BCUT2D eigenvalue weighted by Crippen LogP contribution is 2.35. The van der Waals surface area contributed by atoms with Crippen LogP contribution in [0.25, 0.3) is 15.9 Å². The van der Waals surface area contributed by atoms with Crippen molar-refractivity contribution in [2.24, 2.45) is 13.0 Å². The van der Waals surface area contributed by atoms with Crippen LogP contribution in [0.1, 0.15) is 31.0 Å². The van der Waals surface area contributed by atoms with Gasteiger partial charge in [0.2, 0.25) is 5.52 Å². The van der Waals surface area contributed by atoms with Gasteiger partial charge in [0, 0.05) is 38.7 Å². The highest BCUT2D eigenvalue weighted by atomic mass is 19.1. The maximum atomic E-state index is 13.9. The van der Waals surface area contributed by atoms with Crippen LogP contribution in [0.5, 0.6) is 0 Å². The molecule has 1 aliphatic rings. The summed E-state index contributed by atoms with van der Waals surface area (Å²) in [6.07, 6.45) is 0. The Balaban J connectivity index is 1.61. The van der Waals surface area contributed by atoms with E-state index < -0.39 is 12.1 Å². The molecule has 4 aromatic rings. The van der Waals surface area contributed by atoms with E-state index in [2.05, 4.69) is 14.7 Å². The first-order valence-electron chi connectivity index (χ1n) is 13.1. The third-order valence-corrected chi connectivity index (χ3v) is 7.53. The molecule has 2 aromatic heterocycles. The molecule has 1 saturated heterocycles. The number of carbonyl (C=O) groups is 1. The van der Waals surface area contributed by atoms with Gasteiger partial charge in [0.05, 0.1) is 23.3 Å². The van der Waals surface area contributed by atoms with Gasteiger partial charge in [0.25, 0.3) is 11.4 Å². The summed E-state index contributed by atoms with van der Waals surface area (Å²) in [7, 11) is 1.66. The summed E-state index contributed by atoms with van der Waals surface area (Å²) in [6.45, 7) is 12.3. The lowest BCUT2D eigenvalue weighted by Gasteiger charge is -2.46. The third kappa shape index (κ3) is 5.10. The average Bonchev–Trinajstić information content (AvgIpc) is 2.96. The first-order valence-corrected chi connectivity index (χ1v) is 13.1. The number of ketones is 1. The second-order valence-corrected chi connectivity index (χ2v) is 10.3. The minimum atomic E-state index is -0.586. The predicted octanol–water partition coefficient (Wildman–Crippen LogP) is 5.27. The van der Waals surface area contributed by atoms with Gasteiger partial charge in [0.15, 0.2) is 5.78 Å². The first kappa shape index (κ1) is 27.2. The number of fused-ring (bicyclic) bond motifs is 1. The fourth-order valence-electron chi connectivity index (χ4n) is 5.43. The van der Waals surface area contributed by atoms with Gasteiger partial charge in [-0.25, -0.2) is 8.78 Å². The Kier molecular flexibility index (Phi) is 7.46. The number of Topliss-reactive ketones (excluding diaryl/α,β-unsaturated/α-hetero) is 1. The molecule has 1 unspecified atom stereocenters. The fraction of sp³-hybridized carbons (Fsp3) is 0.290. The SMILES string of the molecule is [C-]#[N+]c1ccc2c(n1)c(N1CCN(C(c3ccc(F)cc3)c3ccc(F)cc3)C(C(=O)C(C)C)C1)cc(=O)n2C. The number of halogens is 2. The van der Waals surface area contributed by atoms with E-state index in [0.717, 1.165) is 11.1 Å². The van der Waals surface area contributed by atoms with Crippen molar-refractivity contribution in [1.29, 1.82) is 0 Å². The van der Waals surface area contributed by atoms with E-state index in [1.165, 1.54) is 34.9 Å². The van der Waals surface area contributed by atoms with Crippen molar-refractivity contribution in [3.05, 3.63) is 111 Å². The molecular formula is C31H29F2N5O2. The Bertz CT molecular complexity index is 1610. The minimum absolute atomic E-state index is 0.0156. The lowest BCUT2D eigenvalue weighted by atomic mass is 9.90.